The van der Waals surface area contributed by atoms with Crippen molar-refractivity contribution in [1.29, 1.82) is 0 Å². The Morgan fingerprint density at radius 3 is 1.80 bits per heavy atom. The van der Waals surface area contributed by atoms with E-state index in [1.165, 1.54) is 7.11 Å². The highest BCUT2D eigenvalue weighted by molar-refractivity contribution is 5.81. The Balaban J connectivity index is 1.55. The molecule has 6 atom stereocenters. The number of nitrogens with zero attached hydrogens (tertiary/aromatic N) is 1. The van der Waals surface area contributed by atoms with E-state index in [9.17, 15) is 9.59 Å². The maximum Gasteiger partial charge on any atom is 0.435 e. The molecule has 1 amide bonds. The van der Waals surface area contributed by atoms with Crippen molar-refractivity contribution in [3.8, 4) is 0 Å². The number of carbonyl (C=O) groups is 2. The van der Waals surface area contributed by atoms with Gasteiger partial charge in [0.2, 0.25) is 5.79 Å². The van der Waals surface area contributed by atoms with Crippen molar-refractivity contribution in [2.75, 3.05) is 13.7 Å². The molecule has 0 unspecified atom stereocenters. The zero-order valence-corrected chi connectivity index (χ0v) is 28.8. The van der Waals surface area contributed by atoms with Crippen LogP contribution in [0.1, 0.15) is 57.2 Å². The summed E-state index contributed by atoms with van der Waals surface area (Å²) in [5.74, 6) is -2.28. The van der Waals surface area contributed by atoms with E-state index >= 15 is 0 Å². The predicted octanol–water partition coefficient (Wildman–Crippen LogP) is 6.34. The van der Waals surface area contributed by atoms with Crippen LogP contribution < -0.4 is 0 Å². The van der Waals surface area contributed by atoms with Gasteiger partial charge < -0.3 is 33.2 Å². The van der Waals surface area contributed by atoms with Crippen LogP contribution in [0.3, 0.4) is 0 Å². The number of hydrogen-bond acceptors (Lipinski definition) is 10. The minimum atomic E-state index is -1.66. The molecule has 2 saturated heterocycles. The van der Waals surface area contributed by atoms with Gasteiger partial charge in [-0.05, 0) is 50.8 Å². The molecule has 11 nitrogen and oxygen atoms in total. The Morgan fingerprint density at radius 2 is 1.31 bits per heavy atom. The fourth-order valence-electron chi connectivity index (χ4n) is 5.89. The molecule has 1 spiro atoms. The summed E-state index contributed by atoms with van der Waals surface area (Å²) < 4.78 is 43.6. The number of amides is 1. The quantitative estimate of drug-likeness (QED) is 0.202. The Kier molecular flexibility index (Phi) is 12.4. The molecule has 2 aliphatic rings. The van der Waals surface area contributed by atoms with Crippen molar-refractivity contribution < 1.29 is 47.6 Å². The second-order valence-corrected chi connectivity index (χ2v) is 13.0. The van der Waals surface area contributed by atoms with E-state index in [1.54, 1.807) is 27.7 Å². The van der Waals surface area contributed by atoms with Gasteiger partial charge in [0.25, 0.3) is 0 Å². The maximum atomic E-state index is 13.7. The highest BCUT2D eigenvalue weighted by Gasteiger charge is 2.62. The van der Waals surface area contributed by atoms with Crippen molar-refractivity contribution in [1.82, 2.24) is 5.06 Å². The first kappa shape index (κ1) is 36.4. The molecule has 264 valence electrons. The van der Waals surface area contributed by atoms with E-state index in [1.807, 2.05) is 91.0 Å². The number of hydrogen-bond donors (Lipinski definition) is 0. The van der Waals surface area contributed by atoms with Crippen LogP contribution in [0.25, 0.3) is 0 Å². The van der Waals surface area contributed by atoms with Crippen molar-refractivity contribution >= 4 is 12.1 Å². The molecule has 5 rings (SSSR count). The van der Waals surface area contributed by atoms with Gasteiger partial charge in [-0.1, -0.05) is 91.0 Å². The fourth-order valence-corrected chi connectivity index (χ4v) is 5.89. The van der Waals surface area contributed by atoms with Gasteiger partial charge in [-0.2, -0.15) is 5.06 Å². The SMILES string of the molecule is CCOC(=O)[C@H]1CC[C@@]2(O[C@H](OC)[C@H](OCc3ccccc3)[C@@H](OCc3ccccc3)[C@@H]2OCc2ccccc2)ON1C(=O)OC(C)(C)C. The second-order valence-electron chi connectivity index (χ2n) is 13.0. The summed E-state index contributed by atoms with van der Waals surface area (Å²) in [6, 6.07) is 28.1. The number of hydroxylamine groups is 2. The average Bonchev–Trinajstić information content (AvgIpc) is 3.10. The summed E-state index contributed by atoms with van der Waals surface area (Å²) in [4.78, 5) is 33.4. The van der Waals surface area contributed by atoms with Crippen molar-refractivity contribution in [3.05, 3.63) is 108 Å². The molecule has 0 saturated carbocycles. The zero-order valence-electron chi connectivity index (χ0n) is 28.8. The largest absolute Gasteiger partial charge is 0.464 e. The van der Waals surface area contributed by atoms with E-state index in [4.69, 9.17) is 38.0 Å². The topological polar surface area (TPSA) is 111 Å². The molecular formula is C38H47NO10. The van der Waals surface area contributed by atoms with Crippen molar-refractivity contribution in [2.45, 2.75) is 102 Å². The first-order chi connectivity index (χ1) is 23.6. The lowest BCUT2D eigenvalue weighted by Gasteiger charge is -2.54. The summed E-state index contributed by atoms with van der Waals surface area (Å²) in [5.41, 5.74) is 1.90. The maximum absolute atomic E-state index is 13.7. The number of rotatable bonds is 12. The summed E-state index contributed by atoms with van der Waals surface area (Å²) in [5, 5.41) is 0.914. The van der Waals surface area contributed by atoms with Crippen LogP contribution in [0, 0.1) is 0 Å². The molecular weight excluding hydrogens is 630 g/mol. The Morgan fingerprint density at radius 1 is 0.796 bits per heavy atom. The molecule has 11 heteroatoms. The molecule has 2 heterocycles. The van der Waals surface area contributed by atoms with Gasteiger partial charge in [-0.15, -0.1) is 0 Å². The monoisotopic (exact) mass is 677 g/mol. The summed E-state index contributed by atoms with van der Waals surface area (Å²) >= 11 is 0. The number of esters is 1. The van der Waals surface area contributed by atoms with Crippen LogP contribution in [0.2, 0.25) is 0 Å². The van der Waals surface area contributed by atoms with Crippen LogP contribution in [0.15, 0.2) is 91.0 Å². The molecule has 0 radical (unpaired) electrons. The van der Waals surface area contributed by atoms with Gasteiger partial charge in [0.1, 0.15) is 23.9 Å². The molecule has 0 aliphatic carbocycles. The first-order valence-electron chi connectivity index (χ1n) is 16.7. The molecule has 3 aromatic carbocycles. The fraction of sp³-hybridized carbons (Fsp3) is 0.474. The Bertz CT molecular complexity index is 1470. The van der Waals surface area contributed by atoms with Crippen LogP contribution in [-0.2, 0) is 62.6 Å². The number of benzene rings is 3. The highest BCUT2D eigenvalue weighted by Crippen LogP contribution is 2.44. The Labute approximate surface area is 288 Å². The van der Waals surface area contributed by atoms with Gasteiger partial charge in [0, 0.05) is 13.5 Å². The van der Waals surface area contributed by atoms with Crippen LogP contribution in [-0.4, -0.2) is 72.9 Å². The van der Waals surface area contributed by atoms with Crippen LogP contribution in [0.5, 0.6) is 0 Å². The average molecular weight is 678 g/mol. The van der Waals surface area contributed by atoms with Gasteiger partial charge in [-0.3, -0.25) is 0 Å². The standard InChI is InChI=1S/C38H47NO10/c1-6-43-34(40)30-22-23-38(49-39(30)36(41)48-37(2,3)4)33(46-26-29-20-14-9-15-21-29)31(44-24-27-16-10-7-11-17-27)32(35(42-5)47-38)45-25-28-18-12-8-13-19-28/h7-21,30-33,35H,6,22-26H2,1-5H3/t30-,31-,32-,33+,35+,38-/m1/s1. The van der Waals surface area contributed by atoms with Gasteiger partial charge in [-0.25, -0.2) is 14.4 Å². The lowest BCUT2D eigenvalue weighted by molar-refractivity contribution is -0.463. The molecule has 49 heavy (non-hydrogen) atoms. The van der Waals surface area contributed by atoms with Crippen molar-refractivity contribution in [2.24, 2.45) is 0 Å². The van der Waals surface area contributed by atoms with E-state index < -0.39 is 54.1 Å². The normalized spacial score (nSPS) is 25.6. The third-order valence-corrected chi connectivity index (χ3v) is 8.15. The molecule has 0 aromatic heterocycles. The minimum absolute atomic E-state index is 0.126. The number of methoxy groups -OCH3 is 1. The van der Waals surface area contributed by atoms with Gasteiger partial charge >= 0.3 is 12.1 Å². The van der Waals surface area contributed by atoms with Gasteiger partial charge in [0.05, 0.1) is 26.4 Å². The van der Waals surface area contributed by atoms with E-state index in [0.717, 1.165) is 21.8 Å². The smallest absolute Gasteiger partial charge is 0.435 e. The predicted molar refractivity (Wildman–Crippen MR) is 178 cm³/mol. The highest BCUT2D eigenvalue weighted by atomic mass is 16.9. The van der Waals surface area contributed by atoms with Crippen LogP contribution >= 0.6 is 0 Å². The van der Waals surface area contributed by atoms with Crippen molar-refractivity contribution in [3.63, 3.8) is 0 Å². The van der Waals surface area contributed by atoms with Crippen LogP contribution in [0.4, 0.5) is 4.79 Å². The first-order valence-corrected chi connectivity index (χ1v) is 16.7. The van der Waals surface area contributed by atoms with E-state index in [0.29, 0.717) is 0 Å². The zero-order chi connectivity index (χ0) is 34.9. The summed E-state index contributed by atoms with van der Waals surface area (Å²) in [6.45, 7) is 7.66. The Hall–Kier alpha value is -3.84. The number of ether oxygens (including phenoxy) is 7. The third kappa shape index (κ3) is 9.45. The minimum Gasteiger partial charge on any atom is -0.464 e. The van der Waals surface area contributed by atoms with E-state index in [-0.39, 0.29) is 39.3 Å². The molecule has 0 N–H and O–H groups in total. The lowest BCUT2D eigenvalue weighted by Crippen LogP contribution is -2.71. The summed E-state index contributed by atoms with van der Waals surface area (Å²) in [7, 11) is 1.51. The molecule has 3 aromatic rings. The summed E-state index contributed by atoms with van der Waals surface area (Å²) in [6.07, 6.45) is -4.22. The second kappa shape index (κ2) is 16.7. The molecule has 0 bridgehead atoms. The molecule has 2 aliphatic heterocycles. The van der Waals surface area contributed by atoms with E-state index in [2.05, 4.69) is 0 Å². The lowest BCUT2D eigenvalue weighted by atomic mass is 9.89. The number of carbonyl (C=O) groups excluding carboxylic acids is 2. The third-order valence-electron chi connectivity index (χ3n) is 8.15. The molecule has 2 fully saturated rings. The van der Waals surface area contributed by atoms with Gasteiger partial charge in [0.15, 0.2) is 12.3 Å².